The van der Waals surface area contributed by atoms with Crippen molar-refractivity contribution in [3.8, 4) is 11.4 Å². The first-order chi connectivity index (χ1) is 15.3. The number of amides is 1. The summed E-state index contributed by atoms with van der Waals surface area (Å²) in [6, 6.07) is 0.706. The molecule has 0 spiro atoms. The molecule has 10 nitrogen and oxygen atoms in total. The maximum absolute atomic E-state index is 12.4. The zero-order valence-corrected chi connectivity index (χ0v) is 17.1. The minimum atomic E-state index is -4.49. The van der Waals surface area contributed by atoms with E-state index in [0.717, 1.165) is 0 Å². The molecule has 170 valence electrons. The molecule has 13 heteroatoms. The van der Waals surface area contributed by atoms with Crippen molar-refractivity contribution < 1.29 is 22.7 Å². The largest absolute Gasteiger partial charge is 0.405 e. The molecule has 1 atom stereocenters. The van der Waals surface area contributed by atoms with Gasteiger partial charge in [-0.05, 0) is 6.92 Å². The Bertz CT molecular complexity index is 1100. The summed E-state index contributed by atoms with van der Waals surface area (Å²) >= 11 is 0. The van der Waals surface area contributed by atoms with Crippen LogP contribution in [0.2, 0.25) is 0 Å². The number of rotatable bonds is 6. The topological polar surface area (TPSA) is 121 Å². The molecule has 0 aromatic carbocycles. The van der Waals surface area contributed by atoms with E-state index in [1.54, 1.807) is 18.5 Å². The van der Waals surface area contributed by atoms with E-state index < -0.39 is 24.7 Å². The summed E-state index contributed by atoms with van der Waals surface area (Å²) in [6.07, 6.45) is 0.278. The van der Waals surface area contributed by atoms with Crippen LogP contribution in [0.25, 0.3) is 22.4 Å². The number of anilines is 2. The fourth-order valence-electron chi connectivity index (χ4n) is 3.26. The van der Waals surface area contributed by atoms with Gasteiger partial charge in [0, 0.05) is 42.5 Å². The summed E-state index contributed by atoms with van der Waals surface area (Å²) in [6.45, 7) is 2.38. The number of morpholine rings is 1. The van der Waals surface area contributed by atoms with E-state index in [0.29, 0.717) is 60.4 Å². The lowest BCUT2D eigenvalue weighted by Crippen LogP contribution is -2.42. The van der Waals surface area contributed by atoms with Crippen LogP contribution in [0.3, 0.4) is 0 Å². The average molecular weight is 450 g/mol. The predicted octanol–water partition coefficient (Wildman–Crippen LogP) is 1.73. The molecular weight excluding hydrogens is 429 g/mol. The molecule has 0 unspecified atom stereocenters. The minimum absolute atomic E-state index is 0.303. The zero-order valence-electron chi connectivity index (χ0n) is 17.1. The summed E-state index contributed by atoms with van der Waals surface area (Å²) in [7, 11) is 0. The average Bonchev–Trinajstić information content (AvgIpc) is 3.21. The van der Waals surface area contributed by atoms with Gasteiger partial charge in [-0.25, -0.2) is 19.9 Å². The Hall–Kier alpha value is -3.48. The number of carbonyl (C=O) groups is 1. The van der Waals surface area contributed by atoms with Crippen LogP contribution in [0.1, 0.15) is 6.92 Å². The predicted molar refractivity (Wildman–Crippen MR) is 110 cm³/mol. The Kier molecular flexibility index (Phi) is 6.08. The Balaban J connectivity index is 1.64. The van der Waals surface area contributed by atoms with Gasteiger partial charge >= 0.3 is 6.18 Å². The maximum atomic E-state index is 12.4. The molecule has 1 fully saturated rings. The van der Waals surface area contributed by atoms with Gasteiger partial charge in [0.1, 0.15) is 36.2 Å². The molecule has 1 aliphatic rings. The first-order valence-corrected chi connectivity index (χ1v) is 9.90. The Labute approximate surface area is 180 Å². The third kappa shape index (κ3) is 5.04. The van der Waals surface area contributed by atoms with Crippen LogP contribution in [0.5, 0.6) is 0 Å². The van der Waals surface area contributed by atoms with Gasteiger partial charge in [0.05, 0.1) is 13.2 Å². The molecule has 1 saturated heterocycles. The molecule has 0 radical (unpaired) electrons. The summed E-state index contributed by atoms with van der Waals surface area (Å²) in [5, 5.41) is 5.46. The molecule has 0 bridgehead atoms. The van der Waals surface area contributed by atoms with E-state index in [2.05, 4.69) is 30.2 Å². The number of nitrogens with one attached hydrogen (secondary N) is 3. The fraction of sp³-hybridized carbons (Fsp3) is 0.421. The fourth-order valence-corrected chi connectivity index (χ4v) is 3.26. The highest BCUT2D eigenvalue weighted by atomic mass is 19.4. The van der Waals surface area contributed by atoms with Gasteiger partial charge in [-0.2, -0.15) is 13.2 Å². The Morgan fingerprint density at radius 1 is 1.31 bits per heavy atom. The monoisotopic (exact) mass is 450 g/mol. The quantitative estimate of drug-likeness (QED) is 0.519. The van der Waals surface area contributed by atoms with E-state index >= 15 is 0 Å². The molecule has 3 N–H and O–H groups in total. The number of H-pyrrole nitrogens is 1. The van der Waals surface area contributed by atoms with Gasteiger partial charge in [0.15, 0.2) is 5.82 Å². The van der Waals surface area contributed by atoms with Crippen LogP contribution in [0.15, 0.2) is 24.8 Å². The third-order valence-corrected chi connectivity index (χ3v) is 4.86. The van der Waals surface area contributed by atoms with Crippen molar-refractivity contribution >= 4 is 28.6 Å². The minimum Gasteiger partial charge on any atom is -0.378 e. The van der Waals surface area contributed by atoms with Gasteiger partial charge in [-0.3, -0.25) is 4.79 Å². The third-order valence-electron chi connectivity index (χ3n) is 4.86. The van der Waals surface area contributed by atoms with E-state index in [1.165, 1.54) is 13.3 Å². The first-order valence-electron chi connectivity index (χ1n) is 9.90. The maximum Gasteiger partial charge on any atom is 0.405 e. The van der Waals surface area contributed by atoms with Crippen LogP contribution < -0.4 is 15.5 Å². The number of carbonyl (C=O) groups excluding carboxylic acids is 1. The summed E-state index contributed by atoms with van der Waals surface area (Å²) in [5.74, 6) is 0.476. The standard InChI is InChI=1S/C19H21F3N8O2/c1-11(18(31)25-9-19(20,21)22)27-14-6-15(30-2-4-32-5-3-30)29-17(28-14)13-8-24-16-12(13)7-23-10-26-16/h6-8,10-11H,2-5,9H2,1H3,(H,25,31)(H,23,24,26)(H,27,28,29)/t11-/m0/s1. The highest BCUT2D eigenvalue weighted by molar-refractivity contribution is 5.91. The smallest absolute Gasteiger partial charge is 0.378 e. The molecular formula is C19H21F3N8O2. The van der Waals surface area contributed by atoms with Gasteiger partial charge in [0.25, 0.3) is 0 Å². The summed E-state index contributed by atoms with van der Waals surface area (Å²) < 4.78 is 42.6. The highest BCUT2D eigenvalue weighted by Gasteiger charge is 2.29. The highest BCUT2D eigenvalue weighted by Crippen LogP contribution is 2.28. The molecule has 1 aliphatic heterocycles. The number of halogens is 3. The van der Waals surface area contributed by atoms with Crippen LogP contribution in [-0.2, 0) is 9.53 Å². The SMILES string of the molecule is C[C@H](Nc1cc(N2CCOCC2)nc(-c2c[nH]c3ncncc23)n1)C(=O)NCC(F)(F)F. The Morgan fingerprint density at radius 3 is 2.84 bits per heavy atom. The van der Waals surface area contributed by atoms with Crippen molar-refractivity contribution in [3.63, 3.8) is 0 Å². The molecule has 1 amide bonds. The van der Waals surface area contributed by atoms with Crippen LogP contribution in [0, 0.1) is 0 Å². The number of hydrogen-bond acceptors (Lipinski definition) is 8. The lowest BCUT2D eigenvalue weighted by molar-refractivity contribution is -0.138. The lowest BCUT2D eigenvalue weighted by atomic mass is 10.2. The molecule has 3 aromatic rings. The second kappa shape index (κ2) is 8.94. The molecule has 0 saturated carbocycles. The molecule has 0 aliphatic carbocycles. The second-order valence-corrected chi connectivity index (χ2v) is 7.22. The van der Waals surface area contributed by atoms with Crippen LogP contribution >= 0.6 is 0 Å². The zero-order chi connectivity index (χ0) is 22.7. The van der Waals surface area contributed by atoms with Crippen LogP contribution in [-0.4, -0.2) is 75.9 Å². The molecule has 4 rings (SSSR count). The Morgan fingerprint density at radius 2 is 2.09 bits per heavy atom. The van der Waals surface area contributed by atoms with Crippen molar-refractivity contribution in [2.24, 2.45) is 0 Å². The second-order valence-electron chi connectivity index (χ2n) is 7.22. The van der Waals surface area contributed by atoms with Gasteiger partial charge in [-0.15, -0.1) is 0 Å². The van der Waals surface area contributed by atoms with Crippen LogP contribution in [0.4, 0.5) is 24.8 Å². The van der Waals surface area contributed by atoms with Crippen molar-refractivity contribution in [1.29, 1.82) is 0 Å². The van der Waals surface area contributed by atoms with E-state index in [-0.39, 0.29) is 0 Å². The summed E-state index contributed by atoms with van der Waals surface area (Å²) in [4.78, 5) is 34.5. The van der Waals surface area contributed by atoms with Gasteiger partial charge in [0.2, 0.25) is 5.91 Å². The molecule has 3 aromatic heterocycles. The number of hydrogen-bond donors (Lipinski definition) is 3. The summed E-state index contributed by atoms with van der Waals surface area (Å²) in [5.41, 5.74) is 1.28. The van der Waals surface area contributed by atoms with E-state index in [4.69, 9.17) is 4.74 Å². The number of aromatic nitrogens is 5. The van der Waals surface area contributed by atoms with Crippen molar-refractivity contribution in [1.82, 2.24) is 30.2 Å². The molecule has 32 heavy (non-hydrogen) atoms. The molecule has 4 heterocycles. The first kappa shape index (κ1) is 21.7. The van der Waals surface area contributed by atoms with Gasteiger partial charge < -0.3 is 25.3 Å². The number of fused-ring (bicyclic) bond motifs is 1. The van der Waals surface area contributed by atoms with Crippen molar-refractivity contribution in [3.05, 3.63) is 24.8 Å². The van der Waals surface area contributed by atoms with Crippen molar-refractivity contribution in [2.75, 3.05) is 43.1 Å². The number of alkyl halides is 3. The number of ether oxygens (including phenoxy) is 1. The van der Waals surface area contributed by atoms with E-state index in [1.807, 2.05) is 10.2 Å². The van der Waals surface area contributed by atoms with E-state index in [9.17, 15) is 18.0 Å². The lowest BCUT2D eigenvalue weighted by Gasteiger charge is -2.28. The normalized spacial score (nSPS) is 15.6. The number of aromatic amines is 1. The van der Waals surface area contributed by atoms with Gasteiger partial charge in [-0.1, -0.05) is 0 Å². The van der Waals surface area contributed by atoms with Crippen molar-refractivity contribution in [2.45, 2.75) is 19.1 Å². The number of nitrogens with zero attached hydrogens (tertiary/aromatic N) is 5.